The van der Waals surface area contributed by atoms with Gasteiger partial charge in [-0.2, -0.15) is 0 Å². The smallest absolute Gasteiger partial charge is 0.160 e. The first-order valence-corrected chi connectivity index (χ1v) is 7.36. The highest BCUT2D eigenvalue weighted by Crippen LogP contribution is 2.27. The molecular formula is C16H22NO6-. The van der Waals surface area contributed by atoms with Gasteiger partial charge in [-0.25, -0.2) is 0 Å². The maximum absolute atomic E-state index is 11.1. The van der Waals surface area contributed by atoms with Crippen molar-refractivity contribution in [1.82, 2.24) is 0 Å². The number of ether oxygens (including phenoxy) is 2. The molecule has 0 bridgehead atoms. The van der Waals surface area contributed by atoms with Crippen molar-refractivity contribution < 1.29 is 34.6 Å². The molecule has 7 heteroatoms. The highest BCUT2D eigenvalue weighted by molar-refractivity contribution is 5.96. The van der Waals surface area contributed by atoms with E-state index in [1.165, 1.54) is 6.92 Å². The SMILES string of the molecule is CCC(C[NH2+]CCc1ccc(OC)c(OC)c1)(C(=O)[O-])C(=O)[O-]. The summed E-state index contributed by atoms with van der Waals surface area (Å²) in [5.74, 6) is -1.98. The van der Waals surface area contributed by atoms with Crippen LogP contribution in [0.15, 0.2) is 18.2 Å². The lowest BCUT2D eigenvalue weighted by Crippen LogP contribution is -2.89. The van der Waals surface area contributed by atoms with E-state index >= 15 is 0 Å². The number of hydrogen-bond acceptors (Lipinski definition) is 6. The van der Waals surface area contributed by atoms with Crippen molar-refractivity contribution in [1.29, 1.82) is 0 Å². The Hall–Kier alpha value is -2.28. The highest BCUT2D eigenvalue weighted by atomic mass is 16.5. The summed E-state index contributed by atoms with van der Waals surface area (Å²) in [6, 6.07) is 5.49. The van der Waals surface area contributed by atoms with E-state index in [2.05, 4.69) is 0 Å². The van der Waals surface area contributed by atoms with E-state index in [0.717, 1.165) is 5.56 Å². The lowest BCUT2D eigenvalue weighted by Gasteiger charge is -2.32. The van der Waals surface area contributed by atoms with Crippen LogP contribution in [0.25, 0.3) is 0 Å². The lowest BCUT2D eigenvalue weighted by atomic mass is 9.85. The van der Waals surface area contributed by atoms with Gasteiger partial charge in [0.05, 0.1) is 44.7 Å². The Labute approximate surface area is 135 Å². The van der Waals surface area contributed by atoms with Gasteiger partial charge >= 0.3 is 0 Å². The number of benzene rings is 1. The van der Waals surface area contributed by atoms with Crippen molar-refractivity contribution in [2.75, 3.05) is 27.3 Å². The quantitative estimate of drug-likeness (QED) is 0.382. The number of rotatable bonds is 10. The second-order valence-electron chi connectivity index (χ2n) is 5.23. The van der Waals surface area contributed by atoms with E-state index < -0.39 is 17.4 Å². The first-order chi connectivity index (χ1) is 10.9. The normalized spacial score (nSPS) is 11.1. The van der Waals surface area contributed by atoms with Gasteiger partial charge in [-0.1, -0.05) is 13.0 Å². The summed E-state index contributed by atoms with van der Waals surface area (Å²) in [5, 5.41) is 23.9. The summed E-state index contributed by atoms with van der Waals surface area (Å²) in [4.78, 5) is 22.3. The van der Waals surface area contributed by atoms with E-state index in [1.54, 1.807) is 25.6 Å². The fourth-order valence-corrected chi connectivity index (χ4v) is 2.34. The summed E-state index contributed by atoms with van der Waals surface area (Å²) in [7, 11) is 3.10. The maximum Gasteiger partial charge on any atom is 0.160 e. The van der Waals surface area contributed by atoms with Crippen molar-refractivity contribution in [3.05, 3.63) is 23.8 Å². The monoisotopic (exact) mass is 324 g/mol. The van der Waals surface area contributed by atoms with Gasteiger partial charge in [-0.3, -0.25) is 0 Å². The number of carbonyl (C=O) groups is 2. The zero-order valence-corrected chi connectivity index (χ0v) is 13.6. The molecule has 0 aliphatic rings. The van der Waals surface area contributed by atoms with Crippen LogP contribution in [0, 0.1) is 5.41 Å². The third-order valence-electron chi connectivity index (χ3n) is 3.96. The first kappa shape index (κ1) is 18.8. The zero-order chi connectivity index (χ0) is 17.5. The average molecular weight is 324 g/mol. The van der Waals surface area contributed by atoms with Gasteiger partial charge in [0.2, 0.25) is 0 Å². The van der Waals surface area contributed by atoms with Gasteiger partial charge in [-0.15, -0.1) is 0 Å². The van der Waals surface area contributed by atoms with Crippen LogP contribution < -0.4 is 25.0 Å². The van der Waals surface area contributed by atoms with E-state index in [4.69, 9.17) is 9.47 Å². The number of carboxylic acids is 2. The van der Waals surface area contributed by atoms with Gasteiger partial charge in [0, 0.05) is 6.42 Å². The number of methoxy groups -OCH3 is 2. The van der Waals surface area contributed by atoms with Crippen molar-refractivity contribution >= 4 is 11.9 Å². The van der Waals surface area contributed by atoms with Gasteiger partial charge < -0.3 is 34.6 Å². The molecule has 1 aromatic rings. The fraction of sp³-hybridized carbons (Fsp3) is 0.500. The number of carboxylic acid groups (broad SMARTS) is 2. The van der Waals surface area contributed by atoms with E-state index in [-0.39, 0.29) is 13.0 Å². The summed E-state index contributed by atoms with van der Waals surface area (Å²) >= 11 is 0. The van der Waals surface area contributed by atoms with E-state index in [1.807, 2.05) is 12.1 Å². The Balaban J connectivity index is 2.63. The Morgan fingerprint density at radius 3 is 2.22 bits per heavy atom. The second-order valence-corrected chi connectivity index (χ2v) is 5.23. The van der Waals surface area contributed by atoms with Crippen LogP contribution in [-0.4, -0.2) is 39.2 Å². The summed E-state index contributed by atoms with van der Waals surface area (Å²) in [6.45, 7) is 1.90. The van der Waals surface area contributed by atoms with Gasteiger partial charge in [0.15, 0.2) is 11.5 Å². The van der Waals surface area contributed by atoms with Crippen LogP contribution in [0.2, 0.25) is 0 Å². The molecule has 128 valence electrons. The van der Waals surface area contributed by atoms with Crippen molar-refractivity contribution in [3.63, 3.8) is 0 Å². The molecule has 1 rings (SSSR count). The minimum Gasteiger partial charge on any atom is -0.549 e. The number of hydrogen-bond donors (Lipinski definition) is 1. The summed E-state index contributed by atoms with van der Waals surface area (Å²) < 4.78 is 10.4. The topological polar surface area (TPSA) is 115 Å². The molecule has 0 spiro atoms. The minimum atomic E-state index is -1.96. The number of aliphatic carboxylic acids is 2. The highest BCUT2D eigenvalue weighted by Gasteiger charge is 2.33. The standard InChI is InChI=1S/C16H23NO6/c1-4-16(14(18)19,15(20)21)10-17-8-7-11-5-6-12(22-2)13(9-11)23-3/h5-6,9,17H,4,7-8,10H2,1-3H3,(H,18,19)(H,20,21)/p-1. The molecule has 0 saturated carbocycles. The zero-order valence-electron chi connectivity index (χ0n) is 13.6. The predicted octanol–water partition coefficient (Wildman–Crippen LogP) is -2.29. The number of carbonyl (C=O) groups excluding carboxylic acids is 2. The van der Waals surface area contributed by atoms with Crippen molar-refractivity contribution in [3.8, 4) is 11.5 Å². The molecular weight excluding hydrogens is 302 g/mol. The molecule has 0 saturated heterocycles. The molecule has 0 radical (unpaired) electrons. The second kappa shape index (κ2) is 8.38. The molecule has 7 nitrogen and oxygen atoms in total. The summed E-state index contributed by atoms with van der Waals surface area (Å²) in [5.41, 5.74) is -0.986. The van der Waals surface area contributed by atoms with Crippen molar-refractivity contribution in [2.45, 2.75) is 19.8 Å². The molecule has 0 amide bonds. The van der Waals surface area contributed by atoms with Crippen LogP contribution in [0.4, 0.5) is 0 Å². The third-order valence-corrected chi connectivity index (χ3v) is 3.96. The number of quaternary nitrogens is 1. The van der Waals surface area contributed by atoms with E-state index in [0.29, 0.717) is 24.5 Å². The molecule has 0 fully saturated rings. The Morgan fingerprint density at radius 2 is 1.74 bits per heavy atom. The van der Waals surface area contributed by atoms with E-state index in [9.17, 15) is 19.8 Å². The van der Waals surface area contributed by atoms with Gasteiger partial charge in [0.1, 0.15) is 0 Å². The molecule has 0 aromatic heterocycles. The molecule has 0 heterocycles. The third kappa shape index (κ3) is 4.35. The minimum absolute atomic E-state index is 0.0788. The molecule has 0 atom stereocenters. The first-order valence-electron chi connectivity index (χ1n) is 7.36. The summed E-state index contributed by atoms with van der Waals surface area (Å²) in [6.07, 6.45) is 0.546. The largest absolute Gasteiger partial charge is 0.549 e. The molecule has 0 aliphatic heterocycles. The molecule has 0 aliphatic carbocycles. The Morgan fingerprint density at radius 1 is 1.13 bits per heavy atom. The molecule has 2 N–H and O–H groups in total. The number of nitrogens with two attached hydrogens (primary N) is 1. The van der Waals surface area contributed by atoms with Crippen LogP contribution in [0.1, 0.15) is 18.9 Å². The van der Waals surface area contributed by atoms with Crippen LogP contribution in [-0.2, 0) is 16.0 Å². The molecule has 0 unspecified atom stereocenters. The van der Waals surface area contributed by atoms with Crippen LogP contribution in [0.3, 0.4) is 0 Å². The van der Waals surface area contributed by atoms with Gasteiger partial charge in [0.25, 0.3) is 0 Å². The Bertz CT molecular complexity index is 544. The Kier molecular flexibility index (Phi) is 6.84. The average Bonchev–Trinajstić information content (AvgIpc) is 2.54. The maximum atomic E-state index is 11.1. The molecule has 1 aromatic carbocycles. The van der Waals surface area contributed by atoms with Crippen LogP contribution in [0.5, 0.6) is 11.5 Å². The predicted molar refractivity (Wildman–Crippen MR) is 77.6 cm³/mol. The molecule has 23 heavy (non-hydrogen) atoms. The van der Waals surface area contributed by atoms with Crippen molar-refractivity contribution in [2.24, 2.45) is 5.41 Å². The lowest BCUT2D eigenvalue weighted by molar-refractivity contribution is -0.664. The van der Waals surface area contributed by atoms with Gasteiger partial charge in [-0.05, 0) is 24.1 Å². The van der Waals surface area contributed by atoms with Crippen LogP contribution >= 0.6 is 0 Å². The fourth-order valence-electron chi connectivity index (χ4n) is 2.34.